The molecule has 2 N–H and O–H groups in total. The van der Waals surface area contributed by atoms with Gasteiger partial charge in [0.15, 0.2) is 0 Å². The van der Waals surface area contributed by atoms with Crippen LogP contribution in [0.2, 0.25) is 0 Å². The van der Waals surface area contributed by atoms with Gasteiger partial charge in [0.2, 0.25) is 5.91 Å². The number of hydrogen-bond donors (Lipinski definition) is 2. The Kier molecular flexibility index (Phi) is 4.92. The second kappa shape index (κ2) is 6.67. The summed E-state index contributed by atoms with van der Waals surface area (Å²) in [5.74, 6) is -0.166. The number of hydrogen-bond acceptors (Lipinski definition) is 4. The second-order valence-corrected chi connectivity index (χ2v) is 5.10. The van der Waals surface area contributed by atoms with Crippen LogP contribution in [0, 0.1) is 0 Å². The maximum absolute atomic E-state index is 11.7. The van der Waals surface area contributed by atoms with Crippen molar-refractivity contribution >= 4 is 5.91 Å². The SMILES string of the molecule is O=C(CCn1ccccc1=O)NCC1(O)CCOCC1. The van der Waals surface area contributed by atoms with Crippen molar-refractivity contribution in [2.75, 3.05) is 19.8 Å². The van der Waals surface area contributed by atoms with E-state index in [0.717, 1.165) is 0 Å². The molecule has 6 heteroatoms. The van der Waals surface area contributed by atoms with E-state index in [2.05, 4.69) is 5.32 Å². The van der Waals surface area contributed by atoms with E-state index in [1.54, 1.807) is 18.3 Å². The molecule has 0 aliphatic carbocycles. The van der Waals surface area contributed by atoms with E-state index in [9.17, 15) is 14.7 Å². The maximum atomic E-state index is 11.7. The Morgan fingerprint density at radius 1 is 1.40 bits per heavy atom. The molecular weight excluding hydrogens is 260 g/mol. The maximum Gasteiger partial charge on any atom is 0.250 e. The molecule has 0 aromatic carbocycles. The molecule has 2 heterocycles. The largest absolute Gasteiger partial charge is 0.388 e. The lowest BCUT2D eigenvalue weighted by Crippen LogP contribution is -2.46. The third-order valence-electron chi connectivity index (χ3n) is 3.52. The summed E-state index contributed by atoms with van der Waals surface area (Å²) < 4.78 is 6.67. The molecule has 0 radical (unpaired) electrons. The lowest BCUT2D eigenvalue weighted by molar-refractivity contribution is -0.124. The zero-order valence-electron chi connectivity index (χ0n) is 11.4. The summed E-state index contributed by atoms with van der Waals surface area (Å²) in [6.07, 6.45) is 2.94. The first-order valence-corrected chi connectivity index (χ1v) is 6.81. The van der Waals surface area contributed by atoms with E-state index in [0.29, 0.717) is 32.6 Å². The first-order valence-electron chi connectivity index (χ1n) is 6.81. The molecule has 0 saturated carbocycles. The number of nitrogens with zero attached hydrogens (tertiary/aromatic N) is 1. The molecule has 1 aliphatic rings. The number of aromatic nitrogens is 1. The Hall–Kier alpha value is -1.66. The third kappa shape index (κ3) is 4.18. The van der Waals surface area contributed by atoms with Gasteiger partial charge in [-0.3, -0.25) is 9.59 Å². The topological polar surface area (TPSA) is 80.6 Å². The van der Waals surface area contributed by atoms with Crippen LogP contribution >= 0.6 is 0 Å². The first-order chi connectivity index (χ1) is 9.59. The molecule has 1 fully saturated rings. The van der Waals surface area contributed by atoms with Gasteiger partial charge in [0.05, 0.1) is 5.60 Å². The van der Waals surface area contributed by atoms with E-state index < -0.39 is 5.60 Å². The quantitative estimate of drug-likeness (QED) is 0.789. The van der Waals surface area contributed by atoms with Crippen molar-refractivity contribution in [2.45, 2.75) is 31.4 Å². The van der Waals surface area contributed by atoms with Crippen molar-refractivity contribution in [3.8, 4) is 0 Å². The Morgan fingerprint density at radius 3 is 2.85 bits per heavy atom. The second-order valence-electron chi connectivity index (χ2n) is 5.10. The summed E-state index contributed by atoms with van der Waals surface area (Å²) in [6, 6.07) is 4.88. The van der Waals surface area contributed by atoms with Crippen LogP contribution in [0.3, 0.4) is 0 Å². The lowest BCUT2D eigenvalue weighted by Gasteiger charge is -2.32. The Morgan fingerprint density at radius 2 is 2.15 bits per heavy atom. The minimum absolute atomic E-state index is 0.122. The van der Waals surface area contributed by atoms with Crippen LogP contribution in [0.4, 0.5) is 0 Å². The molecule has 20 heavy (non-hydrogen) atoms. The molecule has 0 bridgehead atoms. The number of amides is 1. The van der Waals surface area contributed by atoms with E-state index in [4.69, 9.17) is 4.74 Å². The minimum atomic E-state index is -0.864. The standard InChI is InChI=1S/C14H20N2O4/c17-12(4-8-16-7-2-1-3-13(16)18)15-11-14(19)5-9-20-10-6-14/h1-3,7,19H,4-6,8-11H2,(H,15,17). The normalized spacial score (nSPS) is 17.6. The zero-order chi connectivity index (χ0) is 14.4. The molecule has 1 aromatic rings. The van der Waals surface area contributed by atoms with Crippen molar-refractivity contribution in [1.82, 2.24) is 9.88 Å². The van der Waals surface area contributed by atoms with Crippen LogP contribution in [0.15, 0.2) is 29.2 Å². The van der Waals surface area contributed by atoms with Gasteiger partial charge in [-0.1, -0.05) is 6.07 Å². The number of aryl methyl sites for hydroxylation is 1. The monoisotopic (exact) mass is 280 g/mol. The number of ether oxygens (including phenoxy) is 1. The van der Waals surface area contributed by atoms with Crippen LogP contribution in [0.25, 0.3) is 0 Å². The molecule has 2 rings (SSSR count). The number of carbonyl (C=O) groups is 1. The third-order valence-corrected chi connectivity index (χ3v) is 3.52. The van der Waals surface area contributed by atoms with Crippen molar-refractivity contribution < 1.29 is 14.6 Å². The Bertz CT molecular complexity index is 506. The van der Waals surface area contributed by atoms with Gasteiger partial charge in [0, 0.05) is 57.8 Å². The van der Waals surface area contributed by atoms with Gasteiger partial charge in [-0.05, 0) is 6.07 Å². The highest BCUT2D eigenvalue weighted by Crippen LogP contribution is 2.19. The molecule has 1 amide bonds. The Labute approximate surface area is 117 Å². The average molecular weight is 280 g/mol. The van der Waals surface area contributed by atoms with Crippen molar-refractivity contribution in [3.63, 3.8) is 0 Å². The Balaban J connectivity index is 1.76. The highest BCUT2D eigenvalue weighted by atomic mass is 16.5. The molecule has 1 saturated heterocycles. The number of rotatable bonds is 5. The number of nitrogens with one attached hydrogen (secondary N) is 1. The van der Waals surface area contributed by atoms with Gasteiger partial charge in [-0.15, -0.1) is 0 Å². The van der Waals surface area contributed by atoms with Gasteiger partial charge in [-0.25, -0.2) is 0 Å². The molecule has 0 unspecified atom stereocenters. The predicted octanol–water partition coefficient (Wildman–Crippen LogP) is -0.104. The molecule has 1 aliphatic heterocycles. The van der Waals surface area contributed by atoms with Gasteiger partial charge in [0.25, 0.3) is 5.56 Å². The molecule has 1 aromatic heterocycles. The van der Waals surface area contributed by atoms with Gasteiger partial charge >= 0.3 is 0 Å². The molecular formula is C14H20N2O4. The fraction of sp³-hybridized carbons (Fsp3) is 0.571. The van der Waals surface area contributed by atoms with E-state index >= 15 is 0 Å². The summed E-state index contributed by atoms with van der Waals surface area (Å²) in [5, 5.41) is 12.9. The average Bonchev–Trinajstić information content (AvgIpc) is 2.45. The van der Waals surface area contributed by atoms with Crippen LogP contribution < -0.4 is 10.9 Å². The van der Waals surface area contributed by atoms with Crippen LogP contribution in [-0.4, -0.2) is 40.9 Å². The highest BCUT2D eigenvalue weighted by molar-refractivity contribution is 5.75. The molecule has 110 valence electrons. The summed E-state index contributed by atoms with van der Waals surface area (Å²) in [6.45, 7) is 1.61. The number of aliphatic hydroxyl groups is 1. The van der Waals surface area contributed by atoms with Gasteiger partial charge in [-0.2, -0.15) is 0 Å². The summed E-state index contributed by atoms with van der Waals surface area (Å²) >= 11 is 0. The van der Waals surface area contributed by atoms with Crippen molar-refractivity contribution in [1.29, 1.82) is 0 Å². The zero-order valence-corrected chi connectivity index (χ0v) is 11.4. The minimum Gasteiger partial charge on any atom is -0.388 e. The summed E-state index contributed by atoms with van der Waals surface area (Å²) in [7, 11) is 0. The van der Waals surface area contributed by atoms with E-state index in [1.165, 1.54) is 10.6 Å². The fourth-order valence-corrected chi connectivity index (χ4v) is 2.15. The molecule has 6 nitrogen and oxygen atoms in total. The highest BCUT2D eigenvalue weighted by Gasteiger charge is 2.29. The smallest absolute Gasteiger partial charge is 0.250 e. The van der Waals surface area contributed by atoms with Crippen molar-refractivity contribution in [2.24, 2.45) is 0 Å². The lowest BCUT2D eigenvalue weighted by atomic mass is 9.94. The predicted molar refractivity (Wildman–Crippen MR) is 73.3 cm³/mol. The van der Waals surface area contributed by atoms with Gasteiger partial charge in [0.1, 0.15) is 0 Å². The van der Waals surface area contributed by atoms with E-state index in [-0.39, 0.29) is 24.4 Å². The molecule has 0 atom stereocenters. The van der Waals surface area contributed by atoms with Crippen LogP contribution in [0.1, 0.15) is 19.3 Å². The number of pyridine rings is 1. The molecule has 0 spiro atoms. The summed E-state index contributed by atoms with van der Waals surface area (Å²) in [4.78, 5) is 23.2. The first kappa shape index (κ1) is 14.7. The summed E-state index contributed by atoms with van der Waals surface area (Å²) in [5.41, 5.74) is -0.985. The van der Waals surface area contributed by atoms with Crippen molar-refractivity contribution in [3.05, 3.63) is 34.7 Å². The van der Waals surface area contributed by atoms with Gasteiger partial charge < -0.3 is 19.7 Å². The fourth-order valence-electron chi connectivity index (χ4n) is 2.15. The van der Waals surface area contributed by atoms with Crippen LogP contribution in [-0.2, 0) is 16.1 Å². The number of carbonyl (C=O) groups excluding carboxylic acids is 1. The van der Waals surface area contributed by atoms with Crippen LogP contribution in [0.5, 0.6) is 0 Å². The van der Waals surface area contributed by atoms with E-state index in [1.807, 2.05) is 0 Å².